The van der Waals surface area contributed by atoms with Crippen molar-refractivity contribution < 1.29 is 101 Å². The Bertz CT molecular complexity index is 74.9. The molecular formula is H15Cl2IN5O8Rh. The maximum Gasteiger partial charge on any atom is 3.00 e. The Labute approximate surface area is 131 Å². The summed E-state index contributed by atoms with van der Waals surface area (Å²) in [7, 11) is -9.89. The topological polar surface area (TPSA) is 359 Å². The van der Waals surface area contributed by atoms with Crippen molar-refractivity contribution in [3.63, 3.8) is 0 Å². The van der Waals surface area contributed by atoms with Crippen molar-refractivity contribution >= 4 is 0 Å². The Kier molecular flexibility index (Phi) is 96.6. The van der Waals surface area contributed by atoms with E-state index in [2.05, 4.69) is 0 Å². The van der Waals surface area contributed by atoms with E-state index in [0.29, 0.717) is 0 Å². The van der Waals surface area contributed by atoms with Crippen LogP contribution >= 0.6 is 0 Å². The average Bonchev–Trinajstić information content (AvgIpc) is 1.12. The Morgan fingerprint density at radius 3 is 0.412 bits per heavy atom. The molecule has 0 spiro atoms. The van der Waals surface area contributed by atoms with Crippen LogP contribution in [0.15, 0.2) is 0 Å². The molecule has 0 aromatic carbocycles. The third-order valence-electron chi connectivity index (χ3n) is 0. The van der Waals surface area contributed by atoms with Crippen LogP contribution in [0.5, 0.6) is 0 Å². The van der Waals surface area contributed by atoms with Crippen molar-refractivity contribution in [2.24, 2.45) is 0 Å². The van der Waals surface area contributed by atoms with Gasteiger partial charge in [-0.2, -0.15) is 0 Å². The van der Waals surface area contributed by atoms with Gasteiger partial charge in [-0.05, 0) is 0 Å². The first-order valence-corrected chi connectivity index (χ1v) is 3.70. The third kappa shape index (κ3) is 2070. The van der Waals surface area contributed by atoms with E-state index in [1.807, 2.05) is 0 Å². The van der Waals surface area contributed by atoms with E-state index in [9.17, 15) is 0 Å². The van der Waals surface area contributed by atoms with Gasteiger partial charge in [0.05, 0.1) is 0 Å². The normalized spacial score (nSPS) is 7.06. The first-order valence-electron chi connectivity index (χ1n) is 1.23. The summed E-state index contributed by atoms with van der Waals surface area (Å²) < 4.78 is 67.9. The molecule has 17 heteroatoms. The summed E-state index contributed by atoms with van der Waals surface area (Å²) in [5.74, 6) is 0. The zero-order valence-corrected chi connectivity index (χ0v) is 13.6. The van der Waals surface area contributed by atoms with E-state index in [-0.39, 0.29) is 74.2 Å². The Morgan fingerprint density at radius 2 is 0.412 bits per heavy atom. The van der Waals surface area contributed by atoms with Gasteiger partial charge in [0.1, 0.15) is 0 Å². The van der Waals surface area contributed by atoms with Crippen molar-refractivity contribution in [1.82, 2.24) is 30.8 Å². The summed E-state index contributed by atoms with van der Waals surface area (Å²) >= 11 is 0. The predicted molar refractivity (Wildman–Crippen MR) is 25.1 cm³/mol. The fraction of sp³-hybridized carbons (Fsp3) is 0. The fourth-order valence-electron chi connectivity index (χ4n) is 0. The summed E-state index contributed by atoms with van der Waals surface area (Å²) in [4.78, 5) is 0. The molecule has 15 N–H and O–H groups in total. The molecule has 17 heavy (non-hydrogen) atoms. The van der Waals surface area contributed by atoms with Crippen LogP contribution in [0.3, 0.4) is 0 Å². The molecule has 0 radical (unpaired) electrons. The molecule has 118 valence electrons. The van der Waals surface area contributed by atoms with Gasteiger partial charge < -0.3 is 54.7 Å². The zero-order valence-electron chi connectivity index (χ0n) is 8.27. The van der Waals surface area contributed by atoms with Gasteiger partial charge in [0.25, 0.3) is 0 Å². The van der Waals surface area contributed by atoms with Crippen LogP contribution in [0.1, 0.15) is 0 Å². The van der Waals surface area contributed by atoms with Crippen molar-refractivity contribution in [3.05, 3.63) is 0 Å². The van der Waals surface area contributed by atoms with Crippen molar-refractivity contribution in [3.8, 4) is 0 Å². The smallest absolute Gasteiger partial charge is 1.00 e. The molecule has 0 aromatic rings. The molecule has 0 fully saturated rings. The van der Waals surface area contributed by atoms with Crippen molar-refractivity contribution in [1.29, 1.82) is 0 Å². The molecule has 0 saturated carbocycles. The zero-order chi connectivity index (χ0) is 9.00. The minimum absolute atomic E-state index is 0. The van der Waals surface area contributed by atoms with Crippen LogP contribution in [0.2, 0.25) is 0 Å². The Hall–Kier alpha value is 1.41. The predicted octanol–water partition coefficient (Wildman–Crippen LogP) is -11.7. The van der Waals surface area contributed by atoms with E-state index in [0.717, 1.165) is 0 Å². The van der Waals surface area contributed by atoms with Crippen LogP contribution < -0.4 is 92.0 Å². The summed E-state index contributed by atoms with van der Waals surface area (Å²) in [6, 6.07) is 0. The number of halogens is 3. The first-order chi connectivity index (χ1) is 4.00. The molecular weight excluding hydrogens is 499 g/mol. The van der Waals surface area contributed by atoms with E-state index < -0.39 is 20.5 Å². The minimum Gasteiger partial charge on any atom is -1.00 e. The van der Waals surface area contributed by atoms with Gasteiger partial charge in [-0.3, -0.25) is 0 Å². The van der Waals surface area contributed by atoms with Crippen molar-refractivity contribution in [2.75, 3.05) is 0 Å². The van der Waals surface area contributed by atoms with Crippen LogP contribution in [0.25, 0.3) is 0 Å². The first kappa shape index (κ1) is 63.0. The monoisotopic (exact) mass is 513 g/mol. The fourth-order valence-corrected chi connectivity index (χ4v) is 0. The van der Waals surface area contributed by atoms with Crippen LogP contribution in [-0.4, -0.2) is 0 Å². The Morgan fingerprint density at radius 1 is 0.412 bits per heavy atom. The van der Waals surface area contributed by atoms with E-state index in [1.165, 1.54) is 0 Å². The standard InChI is InChI=1S/2ClHO4.HI.5H3N.Rh/c2*2-1(3,4)5;;;;;;;/h2*(H,2,3,4,5);1H;5*1H3;/q;;;;;;;;+3/p-3. The van der Waals surface area contributed by atoms with Gasteiger partial charge >= 0.3 is 19.5 Å². The summed E-state index contributed by atoms with van der Waals surface area (Å²) in [5.41, 5.74) is 0. The minimum atomic E-state index is -4.94. The molecule has 0 aliphatic carbocycles. The van der Waals surface area contributed by atoms with E-state index >= 15 is 0 Å². The Balaban J connectivity index is -0.00000000762. The second-order valence-electron chi connectivity index (χ2n) is 0.756. The molecule has 0 aliphatic rings. The van der Waals surface area contributed by atoms with Gasteiger partial charge in [0, 0.05) is 0 Å². The van der Waals surface area contributed by atoms with E-state index in [4.69, 9.17) is 37.3 Å². The molecule has 0 amide bonds. The molecule has 0 aromatic heterocycles. The average molecular weight is 514 g/mol. The third-order valence-corrected chi connectivity index (χ3v) is 0. The summed E-state index contributed by atoms with van der Waals surface area (Å²) in [6.45, 7) is 0. The van der Waals surface area contributed by atoms with Crippen LogP contribution in [-0.2, 0) is 19.5 Å². The van der Waals surface area contributed by atoms with Crippen LogP contribution in [0, 0.1) is 20.5 Å². The maximum absolute atomic E-state index is 8.49. The molecule has 0 unspecified atom stereocenters. The SMILES string of the molecule is N.N.N.N.N.[I-].[O-][Cl+3]([O-])([O-])[O-].[O-][Cl+3]([O-])([O-])[O-].[Rh+3]. The summed E-state index contributed by atoms with van der Waals surface area (Å²) in [6.07, 6.45) is 0. The second kappa shape index (κ2) is 26.1. The van der Waals surface area contributed by atoms with Gasteiger partial charge in [-0.15, -0.1) is 20.5 Å². The number of hydrogen-bond acceptors (Lipinski definition) is 13. The second-order valence-corrected chi connectivity index (χ2v) is 2.27. The largest absolute Gasteiger partial charge is 3.00 e. The molecule has 0 rings (SSSR count). The van der Waals surface area contributed by atoms with Crippen molar-refractivity contribution in [2.45, 2.75) is 0 Å². The summed E-state index contributed by atoms with van der Waals surface area (Å²) in [5, 5.41) is 0. The van der Waals surface area contributed by atoms with E-state index in [1.54, 1.807) is 0 Å². The van der Waals surface area contributed by atoms with Gasteiger partial charge in [0.2, 0.25) is 0 Å². The van der Waals surface area contributed by atoms with Gasteiger partial charge in [-0.25, -0.2) is 37.3 Å². The maximum atomic E-state index is 8.49. The van der Waals surface area contributed by atoms with Gasteiger partial charge in [-0.1, -0.05) is 0 Å². The molecule has 0 heterocycles. The molecule has 0 atom stereocenters. The quantitative estimate of drug-likeness (QED) is 0.148. The molecule has 0 saturated heterocycles. The number of hydrogen-bond donors (Lipinski definition) is 5. The molecule has 13 nitrogen and oxygen atoms in total. The molecule has 0 bridgehead atoms. The molecule has 0 aliphatic heterocycles. The van der Waals surface area contributed by atoms with Crippen LogP contribution in [0.4, 0.5) is 0 Å². The number of rotatable bonds is 0. The van der Waals surface area contributed by atoms with Gasteiger partial charge in [0.15, 0.2) is 0 Å².